The van der Waals surface area contributed by atoms with Gasteiger partial charge in [0.05, 0.1) is 0 Å². The monoisotopic (exact) mass is 246 g/mol. The number of aryl methyl sites for hydroxylation is 3. The van der Waals surface area contributed by atoms with E-state index in [0.29, 0.717) is 0 Å². The molecule has 19 heavy (non-hydrogen) atoms. The molecule has 0 fully saturated rings. The second-order valence-corrected chi connectivity index (χ2v) is 6.40. The van der Waals surface area contributed by atoms with Crippen LogP contribution in [0.3, 0.4) is 0 Å². The molecule has 3 aliphatic carbocycles. The highest BCUT2D eigenvalue weighted by atomic mass is 14.3. The molecule has 3 aliphatic rings. The molecule has 0 aliphatic heterocycles. The molecule has 0 saturated heterocycles. The van der Waals surface area contributed by atoms with Crippen molar-refractivity contribution < 1.29 is 0 Å². The zero-order valence-corrected chi connectivity index (χ0v) is 11.2. The Bertz CT molecular complexity index is 734. The van der Waals surface area contributed by atoms with Gasteiger partial charge in [-0.1, -0.05) is 30.4 Å². The average Bonchev–Trinajstić information content (AvgIpc) is 2.47. The summed E-state index contributed by atoms with van der Waals surface area (Å²) in [6.45, 7) is 0. The van der Waals surface area contributed by atoms with E-state index in [0.717, 1.165) is 5.92 Å². The second-order valence-electron chi connectivity index (χ2n) is 6.40. The maximum absolute atomic E-state index is 2.50. The molecule has 0 aromatic heterocycles. The first-order valence-electron chi connectivity index (χ1n) is 7.68. The van der Waals surface area contributed by atoms with Gasteiger partial charge in [-0.25, -0.2) is 0 Å². The maximum atomic E-state index is 2.50. The van der Waals surface area contributed by atoms with Gasteiger partial charge in [0, 0.05) is 0 Å². The molecule has 1 atom stereocenters. The van der Waals surface area contributed by atoms with Gasteiger partial charge in [-0.15, -0.1) is 0 Å². The lowest BCUT2D eigenvalue weighted by atomic mass is 9.72. The number of rotatable bonds is 0. The summed E-state index contributed by atoms with van der Waals surface area (Å²) in [7, 11) is 0. The summed E-state index contributed by atoms with van der Waals surface area (Å²) >= 11 is 0. The highest BCUT2D eigenvalue weighted by Gasteiger charge is 2.28. The molecule has 0 N–H and O–H groups in total. The van der Waals surface area contributed by atoms with Crippen LogP contribution < -0.4 is 0 Å². The summed E-state index contributed by atoms with van der Waals surface area (Å²) in [5.41, 5.74) is 8.05. The lowest BCUT2D eigenvalue weighted by Gasteiger charge is -2.32. The Hall–Kier alpha value is -1.56. The fourth-order valence-corrected chi connectivity index (χ4v) is 4.58. The highest BCUT2D eigenvalue weighted by Crippen LogP contribution is 2.46. The minimum Gasteiger partial charge on any atom is -0.0833 e. The summed E-state index contributed by atoms with van der Waals surface area (Å²) in [6.07, 6.45) is 12.5. The summed E-state index contributed by atoms with van der Waals surface area (Å²) in [6, 6.07) is 7.32. The van der Waals surface area contributed by atoms with Crippen LogP contribution in [0, 0.1) is 0 Å². The van der Waals surface area contributed by atoms with Crippen molar-refractivity contribution in [3.05, 3.63) is 52.1 Å². The molecule has 0 saturated carbocycles. The van der Waals surface area contributed by atoms with Gasteiger partial charge in [0.2, 0.25) is 0 Å². The fraction of sp³-hybridized carbons (Fsp3) is 0.368. The van der Waals surface area contributed by atoms with Gasteiger partial charge in [0.15, 0.2) is 0 Å². The first-order chi connectivity index (χ1) is 9.42. The highest BCUT2D eigenvalue weighted by molar-refractivity contribution is 5.98. The zero-order valence-electron chi connectivity index (χ0n) is 11.2. The van der Waals surface area contributed by atoms with Gasteiger partial charge in [-0.05, 0) is 83.0 Å². The van der Waals surface area contributed by atoms with E-state index < -0.39 is 0 Å². The largest absolute Gasteiger partial charge is 0.0833 e. The maximum Gasteiger partial charge on any atom is -0.0105 e. The molecule has 0 spiro atoms. The van der Waals surface area contributed by atoms with E-state index >= 15 is 0 Å². The molecule has 2 aromatic carbocycles. The van der Waals surface area contributed by atoms with Crippen molar-refractivity contribution in [2.24, 2.45) is 0 Å². The lowest BCUT2D eigenvalue weighted by molar-refractivity contribution is 0.618. The Morgan fingerprint density at radius 2 is 1.74 bits per heavy atom. The quantitative estimate of drug-likeness (QED) is 0.628. The van der Waals surface area contributed by atoms with Crippen LogP contribution in [0.15, 0.2) is 24.3 Å². The molecule has 1 unspecified atom stereocenters. The molecular weight excluding hydrogens is 228 g/mol. The zero-order chi connectivity index (χ0) is 12.4. The molecule has 0 amide bonds. The fourth-order valence-electron chi connectivity index (χ4n) is 4.58. The van der Waals surface area contributed by atoms with E-state index in [4.69, 9.17) is 0 Å². The third-order valence-electron chi connectivity index (χ3n) is 5.39. The van der Waals surface area contributed by atoms with E-state index in [1.54, 1.807) is 33.0 Å². The van der Waals surface area contributed by atoms with Crippen LogP contribution in [0.2, 0.25) is 0 Å². The van der Waals surface area contributed by atoms with Crippen LogP contribution in [-0.4, -0.2) is 0 Å². The van der Waals surface area contributed by atoms with Crippen LogP contribution in [0.1, 0.15) is 53.0 Å². The third-order valence-corrected chi connectivity index (χ3v) is 5.39. The van der Waals surface area contributed by atoms with Crippen molar-refractivity contribution in [1.29, 1.82) is 0 Å². The Balaban J connectivity index is 2.02. The molecule has 0 nitrogen and oxygen atoms in total. The molecule has 94 valence electrons. The van der Waals surface area contributed by atoms with E-state index in [2.05, 4.69) is 30.4 Å². The van der Waals surface area contributed by atoms with E-state index in [-0.39, 0.29) is 0 Å². The molecule has 5 rings (SSSR count). The second kappa shape index (κ2) is 3.50. The van der Waals surface area contributed by atoms with Crippen molar-refractivity contribution >= 4 is 16.8 Å². The number of allylic oxidation sites excluding steroid dienone is 1. The summed E-state index contributed by atoms with van der Waals surface area (Å²) < 4.78 is 0. The standard InChI is InChI=1S/C19H18/c1-3-12-7-9-14-10-8-13-4-2-6-16-11-15(5-1)17(12)19(14)18(13)16/h1,5,8,10-12H,2-4,6-7,9H2. The van der Waals surface area contributed by atoms with Crippen molar-refractivity contribution in [3.63, 3.8) is 0 Å². The van der Waals surface area contributed by atoms with Gasteiger partial charge in [0.1, 0.15) is 0 Å². The van der Waals surface area contributed by atoms with E-state index in [9.17, 15) is 0 Å². The minimum atomic E-state index is 0.790. The molecule has 0 heterocycles. The van der Waals surface area contributed by atoms with Gasteiger partial charge < -0.3 is 0 Å². The van der Waals surface area contributed by atoms with E-state index in [1.807, 2.05) is 0 Å². The molecule has 2 aromatic rings. The Morgan fingerprint density at radius 3 is 2.68 bits per heavy atom. The topological polar surface area (TPSA) is 0 Å². The van der Waals surface area contributed by atoms with Crippen LogP contribution in [-0.2, 0) is 19.3 Å². The summed E-state index contributed by atoms with van der Waals surface area (Å²) in [5, 5.41) is 3.30. The van der Waals surface area contributed by atoms with Gasteiger partial charge in [-0.3, -0.25) is 0 Å². The third kappa shape index (κ3) is 1.25. The average molecular weight is 246 g/mol. The minimum absolute atomic E-state index is 0.790. The van der Waals surface area contributed by atoms with Crippen molar-refractivity contribution in [2.45, 2.75) is 44.4 Å². The Kier molecular flexibility index (Phi) is 1.89. The predicted molar refractivity (Wildman–Crippen MR) is 80.7 cm³/mol. The molecular formula is C19H18. The van der Waals surface area contributed by atoms with Gasteiger partial charge in [0.25, 0.3) is 0 Å². The predicted octanol–water partition coefficient (Wildman–Crippen LogP) is 4.78. The summed E-state index contributed by atoms with van der Waals surface area (Å²) in [5.74, 6) is 0.790. The van der Waals surface area contributed by atoms with Gasteiger partial charge in [-0.2, -0.15) is 0 Å². The first-order valence-corrected chi connectivity index (χ1v) is 7.68. The Morgan fingerprint density at radius 1 is 0.895 bits per heavy atom. The molecule has 0 bridgehead atoms. The lowest BCUT2D eigenvalue weighted by Crippen LogP contribution is -2.15. The number of hydrogen-bond acceptors (Lipinski definition) is 0. The van der Waals surface area contributed by atoms with Crippen LogP contribution >= 0.6 is 0 Å². The van der Waals surface area contributed by atoms with Crippen molar-refractivity contribution in [1.82, 2.24) is 0 Å². The molecule has 0 radical (unpaired) electrons. The van der Waals surface area contributed by atoms with Crippen molar-refractivity contribution in [3.8, 4) is 0 Å². The van der Waals surface area contributed by atoms with E-state index in [1.165, 1.54) is 44.1 Å². The summed E-state index contributed by atoms with van der Waals surface area (Å²) in [4.78, 5) is 0. The molecule has 0 heteroatoms. The Labute approximate surface area is 114 Å². The normalized spacial score (nSPS) is 22.8. The number of benzene rings is 2. The van der Waals surface area contributed by atoms with Crippen LogP contribution in [0.4, 0.5) is 0 Å². The van der Waals surface area contributed by atoms with Crippen molar-refractivity contribution in [2.75, 3.05) is 0 Å². The SMILES string of the molecule is C1=Cc2cc3c4c(ccc5c4c2C(C1)CC5)CCC3. The van der Waals surface area contributed by atoms with Gasteiger partial charge >= 0.3 is 0 Å². The van der Waals surface area contributed by atoms with Crippen LogP contribution in [0.5, 0.6) is 0 Å². The first kappa shape index (κ1) is 10.3. The number of hydrogen-bond donors (Lipinski definition) is 0. The van der Waals surface area contributed by atoms with Crippen LogP contribution in [0.25, 0.3) is 16.8 Å². The smallest absolute Gasteiger partial charge is 0.0105 e.